The van der Waals surface area contributed by atoms with Gasteiger partial charge in [-0.2, -0.15) is 0 Å². The van der Waals surface area contributed by atoms with Crippen LogP contribution in [0.5, 0.6) is 0 Å². The Morgan fingerprint density at radius 2 is 1.83 bits per heavy atom. The van der Waals surface area contributed by atoms with E-state index < -0.39 is 0 Å². The fourth-order valence-corrected chi connectivity index (χ4v) is 1.06. The molecule has 0 unspecified atom stereocenters. The maximum atomic E-state index is 5.30. The first kappa shape index (κ1) is 8.44. The average Bonchev–Trinajstić information content (AvgIpc) is 2.16. The molecular weight excluding hydrogens is 144 g/mol. The highest BCUT2D eigenvalue weighted by atomic mass is 14.0. The molecule has 0 heteroatoms. The summed E-state index contributed by atoms with van der Waals surface area (Å²) in [5, 5.41) is 0. The van der Waals surface area contributed by atoms with E-state index in [-0.39, 0.29) is 0 Å². The van der Waals surface area contributed by atoms with Gasteiger partial charge >= 0.3 is 0 Å². The van der Waals surface area contributed by atoms with E-state index in [0.717, 1.165) is 17.5 Å². The normalized spacial score (nSPS) is 8.58. The predicted octanol–water partition coefficient (Wildman–Crippen LogP) is 2.21. The van der Waals surface area contributed by atoms with Gasteiger partial charge in [0.15, 0.2) is 0 Å². The van der Waals surface area contributed by atoms with Crippen LogP contribution in [0.25, 0.3) is 0 Å². The molecule has 0 aromatic heterocycles. The number of aryl methyl sites for hydroxylation is 1. The zero-order valence-electron chi connectivity index (χ0n) is 7.09. The zero-order chi connectivity index (χ0) is 8.97. The van der Waals surface area contributed by atoms with Crippen LogP contribution in [-0.4, -0.2) is 0 Å². The van der Waals surface area contributed by atoms with Crippen LogP contribution in [0.3, 0.4) is 0 Å². The van der Waals surface area contributed by atoms with Crippen LogP contribution in [0.1, 0.15) is 23.6 Å². The maximum absolute atomic E-state index is 5.30. The lowest BCUT2D eigenvalue weighted by molar-refractivity contribution is 1.14. The summed E-state index contributed by atoms with van der Waals surface area (Å²) in [6.45, 7) is 2.09. The second-order valence-electron chi connectivity index (χ2n) is 2.52. The minimum absolute atomic E-state index is 0.801. The van der Waals surface area contributed by atoms with Crippen molar-refractivity contribution in [1.29, 1.82) is 0 Å². The molecular formula is C12H10. The van der Waals surface area contributed by atoms with Crippen molar-refractivity contribution in [3.63, 3.8) is 0 Å². The first-order valence-electron chi connectivity index (χ1n) is 3.88. The molecule has 0 aliphatic carbocycles. The fourth-order valence-electron chi connectivity index (χ4n) is 1.06. The smallest absolute Gasteiger partial charge is 0.0401 e. The molecule has 0 aliphatic rings. The Kier molecular flexibility index (Phi) is 2.57. The highest BCUT2D eigenvalue weighted by molar-refractivity contribution is 5.50. The molecule has 0 bridgehead atoms. The van der Waals surface area contributed by atoms with Crippen LogP contribution in [0.2, 0.25) is 0 Å². The molecule has 1 aromatic carbocycles. The summed E-state index contributed by atoms with van der Waals surface area (Å²) < 4.78 is 0. The minimum atomic E-state index is 0.801. The third-order valence-electron chi connectivity index (χ3n) is 1.80. The Morgan fingerprint density at radius 3 is 2.33 bits per heavy atom. The molecule has 1 rings (SSSR count). The van der Waals surface area contributed by atoms with E-state index in [2.05, 4.69) is 18.8 Å². The number of benzene rings is 1. The van der Waals surface area contributed by atoms with Gasteiger partial charge in [0.1, 0.15) is 0 Å². The molecule has 0 saturated heterocycles. The van der Waals surface area contributed by atoms with E-state index in [4.69, 9.17) is 12.8 Å². The van der Waals surface area contributed by atoms with Gasteiger partial charge in [0, 0.05) is 11.1 Å². The molecule has 0 heterocycles. The Balaban J connectivity index is 3.25. The van der Waals surface area contributed by atoms with Crippen molar-refractivity contribution in [3.05, 3.63) is 34.9 Å². The molecule has 0 radical (unpaired) electrons. The van der Waals surface area contributed by atoms with Gasteiger partial charge in [0.05, 0.1) is 0 Å². The largest absolute Gasteiger partial charge is 0.115 e. The molecule has 0 atom stereocenters. The number of terminal acetylenes is 2. The van der Waals surface area contributed by atoms with Crippen molar-refractivity contribution in [2.45, 2.75) is 13.3 Å². The molecule has 0 nitrogen and oxygen atoms in total. The van der Waals surface area contributed by atoms with Crippen LogP contribution in [0, 0.1) is 24.7 Å². The quantitative estimate of drug-likeness (QED) is 0.544. The maximum Gasteiger partial charge on any atom is 0.0401 e. The molecule has 12 heavy (non-hydrogen) atoms. The predicted molar refractivity (Wildman–Crippen MR) is 51.7 cm³/mol. The van der Waals surface area contributed by atoms with Crippen molar-refractivity contribution in [2.75, 3.05) is 0 Å². The molecule has 0 saturated carbocycles. The van der Waals surface area contributed by atoms with Gasteiger partial charge in [-0.25, -0.2) is 0 Å². The van der Waals surface area contributed by atoms with Crippen molar-refractivity contribution < 1.29 is 0 Å². The Bertz CT molecular complexity index is 359. The molecule has 0 amide bonds. The number of hydrogen-bond donors (Lipinski definition) is 0. The van der Waals surface area contributed by atoms with Crippen LogP contribution in [0.15, 0.2) is 18.2 Å². The fraction of sp³-hybridized carbons (Fsp3) is 0.167. The van der Waals surface area contributed by atoms with Crippen LogP contribution in [0.4, 0.5) is 0 Å². The highest BCUT2D eigenvalue weighted by Gasteiger charge is 1.97. The van der Waals surface area contributed by atoms with Crippen molar-refractivity contribution >= 4 is 0 Å². The van der Waals surface area contributed by atoms with Gasteiger partial charge in [-0.15, -0.1) is 12.8 Å². The summed E-state index contributed by atoms with van der Waals surface area (Å²) >= 11 is 0. The first-order valence-corrected chi connectivity index (χ1v) is 3.88. The molecule has 0 fully saturated rings. The Hall–Kier alpha value is -1.66. The summed E-state index contributed by atoms with van der Waals surface area (Å²) in [7, 11) is 0. The van der Waals surface area contributed by atoms with Gasteiger partial charge in [-0.3, -0.25) is 0 Å². The Labute approximate surface area is 73.6 Å². The average molecular weight is 154 g/mol. The zero-order valence-corrected chi connectivity index (χ0v) is 7.09. The number of rotatable bonds is 1. The summed E-state index contributed by atoms with van der Waals surface area (Å²) in [4.78, 5) is 0. The van der Waals surface area contributed by atoms with Gasteiger partial charge in [0.25, 0.3) is 0 Å². The lowest BCUT2D eigenvalue weighted by atomic mass is 10.0. The van der Waals surface area contributed by atoms with E-state index in [1.807, 2.05) is 18.2 Å². The lowest BCUT2D eigenvalue weighted by Gasteiger charge is -1.99. The van der Waals surface area contributed by atoms with Gasteiger partial charge < -0.3 is 0 Å². The SMILES string of the molecule is C#Cc1ccc(CC)cc1C#C. The topological polar surface area (TPSA) is 0 Å². The van der Waals surface area contributed by atoms with E-state index in [1.54, 1.807) is 0 Å². The molecule has 0 spiro atoms. The summed E-state index contributed by atoms with van der Waals surface area (Å²) in [5.41, 5.74) is 2.84. The van der Waals surface area contributed by atoms with Gasteiger partial charge in [0.2, 0.25) is 0 Å². The summed E-state index contributed by atoms with van der Waals surface area (Å²) in [6, 6.07) is 5.87. The second-order valence-corrected chi connectivity index (χ2v) is 2.52. The van der Waals surface area contributed by atoms with Crippen LogP contribution in [-0.2, 0) is 6.42 Å². The standard InChI is InChI=1S/C12H10/c1-4-10-7-8-11(5-2)12(6-3)9-10/h2-3,7-9H,4H2,1H3. The minimum Gasteiger partial charge on any atom is -0.115 e. The van der Waals surface area contributed by atoms with Crippen molar-refractivity contribution in [3.8, 4) is 24.7 Å². The van der Waals surface area contributed by atoms with E-state index in [0.29, 0.717) is 0 Å². The molecule has 0 N–H and O–H groups in total. The van der Waals surface area contributed by atoms with Gasteiger partial charge in [-0.1, -0.05) is 24.8 Å². The third-order valence-corrected chi connectivity index (χ3v) is 1.80. The second kappa shape index (κ2) is 3.65. The monoisotopic (exact) mass is 154 g/mol. The molecule has 1 aromatic rings. The van der Waals surface area contributed by atoms with E-state index >= 15 is 0 Å². The third kappa shape index (κ3) is 1.49. The van der Waals surface area contributed by atoms with Crippen LogP contribution >= 0.6 is 0 Å². The van der Waals surface area contributed by atoms with Crippen molar-refractivity contribution in [2.24, 2.45) is 0 Å². The van der Waals surface area contributed by atoms with Crippen molar-refractivity contribution in [1.82, 2.24) is 0 Å². The highest BCUT2D eigenvalue weighted by Crippen LogP contribution is 2.10. The summed E-state index contributed by atoms with van der Waals surface area (Å²) in [6.07, 6.45) is 11.6. The van der Waals surface area contributed by atoms with E-state index in [9.17, 15) is 0 Å². The molecule has 58 valence electrons. The van der Waals surface area contributed by atoms with Gasteiger partial charge in [-0.05, 0) is 24.1 Å². The summed E-state index contributed by atoms with van der Waals surface area (Å²) in [5.74, 6) is 5.13. The van der Waals surface area contributed by atoms with E-state index in [1.165, 1.54) is 5.56 Å². The number of hydrogen-bond acceptors (Lipinski definition) is 0. The Morgan fingerprint density at radius 1 is 1.17 bits per heavy atom. The first-order chi connectivity index (χ1) is 5.81. The lowest BCUT2D eigenvalue weighted by Crippen LogP contribution is -1.86. The molecule has 0 aliphatic heterocycles. The van der Waals surface area contributed by atoms with Crippen LogP contribution < -0.4 is 0 Å².